The van der Waals surface area contributed by atoms with Gasteiger partial charge in [-0.3, -0.25) is 4.90 Å². The van der Waals surface area contributed by atoms with Gasteiger partial charge in [0.15, 0.2) is 17.5 Å². The third-order valence-electron chi connectivity index (χ3n) is 3.43. The molecule has 0 radical (unpaired) electrons. The summed E-state index contributed by atoms with van der Waals surface area (Å²) < 4.78 is 44.9. The van der Waals surface area contributed by atoms with Crippen molar-refractivity contribution in [2.24, 2.45) is 5.73 Å². The molecular formula is C13H17F3N2O. The van der Waals surface area contributed by atoms with Crippen molar-refractivity contribution in [1.29, 1.82) is 0 Å². The van der Waals surface area contributed by atoms with Crippen molar-refractivity contribution in [3.05, 3.63) is 35.1 Å². The molecule has 2 N–H and O–H groups in total. The van der Waals surface area contributed by atoms with E-state index in [0.717, 1.165) is 12.1 Å². The van der Waals surface area contributed by atoms with Gasteiger partial charge in [0, 0.05) is 25.2 Å². The normalized spacial score (nSPS) is 22.5. The molecule has 1 heterocycles. The number of ether oxygens (including phenoxy) is 1. The molecule has 1 saturated heterocycles. The molecule has 1 aliphatic rings. The van der Waals surface area contributed by atoms with E-state index in [-0.39, 0.29) is 18.6 Å². The number of hydrogen-bond donors (Lipinski definition) is 1. The van der Waals surface area contributed by atoms with E-state index < -0.39 is 17.5 Å². The van der Waals surface area contributed by atoms with Crippen LogP contribution in [-0.4, -0.2) is 37.2 Å². The highest BCUT2D eigenvalue weighted by Crippen LogP contribution is 2.26. The molecule has 19 heavy (non-hydrogen) atoms. The Morgan fingerprint density at radius 1 is 1.37 bits per heavy atom. The molecule has 1 fully saturated rings. The maximum atomic E-state index is 13.3. The Hall–Kier alpha value is -1.11. The Morgan fingerprint density at radius 2 is 2.00 bits per heavy atom. The van der Waals surface area contributed by atoms with Crippen LogP contribution >= 0.6 is 0 Å². The monoisotopic (exact) mass is 274 g/mol. The molecule has 0 aromatic heterocycles. The van der Waals surface area contributed by atoms with Crippen LogP contribution in [-0.2, 0) is 4.74 Å². The van der Waals surface area contributed by atoms with Gasteiger partial charge in [-0.1, -0.05) is 0 Å². The molecule has 3 nitrogen and oxygen atoms in total. The molecule has 0 amide bonds. The van der Waals surface area contributed by atoms with Gasteiger partial charge in [0.05, 0.1) is 13.2 Å². The summed E-state index contributed by atoms with van der Waals surface area (Å²) in [5.74, 6) is -3.82. The molecular weight excluding hydrogens is 257 g/mol. The molecule has 0 saturated carbocycles. The largest absolute Gasteiger partial charge is 0.379 e. The standard InChI is InChI=1S/C13H17F3N2O/c1-8-7-19-3-2-18(8)12(6-17)9-4-10(14)13(16)11(15)5-9/h4-5,8,12H,2-3,6-7,17H2,1H3. The summed E-state index contributed by atoms with van der Waals surface area (Å²) in [6.45, 7) is 3.88. The molecule has 1 aliphatic heterocycles. The van der Waals surface area contributed by atoms with Crippen LogP contribution in [0.1, 0.15) is 18.5 Å². The van der Waals surface area contributed by atoms with Gasteiger partial charge in [0.25, 0.3) is 0 Å². The average Bonchev–Trinajstić information content (AvgIpc) is 2.39. The Bertz CT molecular complexity index is 433. The van der Waals surface area contributed by atoms with Crippen LogP contribution in [0.5, 0.6) is 0 Å². The van der Waals surface area contributed by atoms with Gasteiger partial charge in [-0.15, -0.1) is 0 Å². The molecule has 0 aliphatic carbocycles. The minimum atomic E-state index is -1.45. The fraction of sp³-hybridized carbons (Fsp3) is 0.538. The predicted molar refractivity (Wildman–Crippen MR) is 65.1 cm³/mol. The van der Waals surface area contributed by atoms with Crippen molar-refractivity contribution < 1.29 is 17.9 Å². The zero-order valence-electron chi connectivity index (χ0n) is 10.7. The molecule has 2 rings (SSSR count). The Labute approximate surface area is 110 Å². The van der Waals surface area contributed by atoms with Crippen LogP contribution in [0, 0.1) is 17.5 Å². The number of nitrogens with two attached hydrogens (primary N) is 1. The van der Waals surface area contributed by atoms with Crippen LogP contribution < -0.4 is 5.73 Å². The van der Waals surface area contributed by atoms with E-state index in [2.05, 4.69) is 0 Å². The summed E-state index contributed by atoms with van der Waals surface area (Å²) in [6.07, 6.45) is 0. The first-order valence-electron chi connectivity index (χ1n) is 6.22. The highest BCUT2D eigenvalue weighted by molar-refractivity contribution is 5.23. The summed E-state index contributed by atoms with van der Waals surface area (Å²) in [7, 11) is 0. The predicted octanol–water partition coefficient (Wildman–Crippen LogP) is 1.82. The number of hydrogen-bond acceptors (Lipinski definition) is 3. The van der Waals surface area contributed by atoms with Gasteiger partial charge in [0.1, 0.15) is 0 Å². The molecule has 2 atom stereocenters. The molecule has 0 bridgehead atoms. The number of nitrogens with zero attached hydrogens (tertiary/aromatic N) is 1. The van der Waals surface area contributed by atoms with E-state index in [4.69, 9.17) is 10.5 Å². The van der Waals surface area contributed by atoms with Gasteiger partial charge in [-0.2, -0.15) is 0 Å². The fourth-order valence-corrected chi connectivity index (χ4v) is 2.43. The molecule has 1 aromatic carbocycles. The van der Waals surface area contributed by atoms with Crippen molar-refractivity contribution in [2.75, 3.05) is 26.3 Å². The van der Waals surface area contributed by atoms with E-state index in [1.54, 1.807) is 0 Å². The smallest absolute Gasteiger partial charge is 0.194 e. The van der Waals surface area contributed by atoms with Gasteiger partial charge in [0.2, 0.25) is 0 Å². The molecule has 106 valence electrons. The Morgan fingerprint density at radius 3 is 2.53 bits per heavy atom. The van der Waals surface area contributed by atoms with Crippen molar-refractivity contribution in [1.82, 2.24) is 4.90 Å². The van der Waals surface area contributed by atoms with E-state index in [9.17, 15) is 13.2 Å². The lowest BCUT2D eigenvalue weighted by molar-refractivity contribution is -0.0210. The first-order valence-corrected chi connectivity index (χ1v) is 6.22. The topological polar surface area (TPSA) is 38.5 Å². The maximum Gasteiger partial charge on any atom is 0.194 e. The zero-order valence-corrected chi connectivity index (χ0v) is 10.7. The number of rotatable bonds is 3. The van der Waals surface area contributed by atoms with Gasteiger partial charge < -0.3 is 10.5 Å². The van der Waals surface area contributed by atoms with Crippen LogP contribution in [0.15, 0.2) is 12.1 Å². The molecule has 2 unspecified atom stereocenters. The average molecular weight is 274 g/mol. The summed E-state index contributed by atoms with van der Waals surface area (Å²) in [5.41, 5.74) is 6.07. The Balaban J connectivity index is 2.31. The third-order valence-corrected chi connectivity index (χ3v) is 3.43. The van der Waals surface area contributed by atoms with Gasteiger partial charge in [-0.25, -0.2) is 13.2 Å². The van der Waals surface area contributed by atoms with Crippen LogP contribution in [0.4, 0.5) is 13.2 Å². The molecule has 0 spiro atoms. The van der Waals surface area contributed by atoms with E-state index in [0.29, 0.717) is 25.3 Å². The summed E-state index contributed by atoms with van der Waals surface area (Å²) in [6, 6.07) is 1.78. The number of halogens is 3. The lowest BCUT2D eigenvalue weighted by Gasteiger charge is -2.39. The second-order valence-electron chi connectivity index (χ2n) is 4.71. The first kappa shape index (κ1) is 14.3. The first-order chi connectivity index (χ1) is 9.04. The molecule has 6 heteroatoms. The van der Waals surface area contributed by atoms with Crippen molar-refractivity contribution in [2.45, 2.75) is 19.0 Å². The van der Waals surface area contributed by atoms with Crippen molar-refractivity contribution in [3.8, 4) is 0 Å². The van der Waals surface area contributed by atoms with Gasteiger partial charge in [-0.05, 0) is 24.6 Å². The summed E-state index contributed by atoms with van der Waals surface area (Å²) >= 11 is 0. The van der Waals surface area contributed by atoms with Crippen molar-refractivity contribution in [3.63, 3.8) is 0 Å². The molecule has 1 aromatic rings. The SMILES string of the molecule is CC1COCCN1C(CN)c1cc(F)c(F)c(F)c1. The second-order valence-corrected chi connectivity index (χ2v) is 4.71. The number of benzene rings is 1. The van der Waals surface area contributed by atoms with E-state index in [1.807, 2.05) is 11.8 Å². The minimum Gasteiger partial charge on any atom is -0.379 e. The summed E-state index contributed by atoms with van der Waals surface area (Å²) in [4.78, 5) is 2.02. The Kier molecular flexibility index (Phi) is 4.44. The third kappa shape index (κ3) is 2.91. The quantitative estimate of drug-likeness (QED) is 0.855. The van der Waals surface area contributed by atoms with Crippen LogP contribution in [0.2, 0.25) is 0 Å². The van der Waals surface area contributed by atoms with Gasteiger partial charge >= 0.3 is 0 Å². The lowest BCUT2D eigenvalue weighted by atomic mass is 10.0. The highest BCUT2D eigenvalue weighted by atomic mass is 19.2. The second kappa shape index (κ2) is 5.90. The minimum absolute atomic E-state index is 0.0958. The van der Waals surface area contributed by atoms with Crippen molar-refractivity contribution >= 4 is 0 Å². The van der Waals surface area contributed by atoms with E-state index in [1.165, 1.54) is 0 Å². The van der Waals surface area contributed by atoms with Crippen LogP contribution in [0.25, 0.3) is 0 Å². The van der Waals surface area contributed by atoms with E-state index >= 15 is 0 Å². The number of morpholine rings is 1. The van der Waals surface area contributed by atoms with Crippen LogP contribution in [0.3, 0.4) is 0 Å². The maximum absolute atomic E-state index is 13.3. The highest BCUT2D eigenvalue weighted by Gasteiger charge is 2.28. The lowest BCUT2D eigenvalue weighted by Crippen LogP contribution is -2.47. The zero-order chi connectivity index (χ0) is 14.0. The summed E-state index contributed by atoms with van der Waals surface area (Å²) in [5, 5.41) is 0. The fourth-order valence-electron chi connectivity index (χ4n) is 2.43.